The van der Waals surface area contributed by atoms with Crippen LogP contribution in [0.4, 0.5) is 16.2 Å². The Kier molecular flexibility index (Phi) is 5.31. The van der Waals surface area contributed by atoms with Gasteiger partial charge in [-0.2, -0.15) is 0 Å². The molecule has 0 saturated carbocycles. The Morgan fingerprint density at radius 2 is 1.97 bits per heavy atom. The lowest BCUT2D eigenvalue weighted by molar-refractivity contribution is 0.256. The summed E-state index contributed by atoms with van der Waals surface area (Å²) in [7, 11) is -4.04. The van der Waals surface area contributed by atoms with E-state index in [1.165, 1.54) is 29.0 Å². The van der Waals surface area contributed by atoms with Gasteiger partial charge < -0.3 is 10.6 Å². The second kappa shape index (κ2) is 8.18. The van der Waals surface area contributed by atoms with E-state index in [9.17, 15) is 18.0 Å². The molecule has 1 aliphatic heterocycles. The van der Waals surface area contributed by atoms with Crippen molar-refractivity contribution in [1.29, 1.82) is 0 Å². The Morgan fingerprint density at radius 3 is 2.70 bits per heavy atom. The molecule has 0 fully saturated rings. The molecular weight excluding hydrogens is 486 g/mol. The molecule has 0 radical (unpaired) electrons. The van der Waals surface area contributed by atoms with Gasteiger partial charge in [-0.3, -0.25) is 9.36 Å². The Balaban J connectivity index is 1.35. The number of nitrogens with zero attached hydrogens (tertiary/aromatic N) is 2. The molecule has 4 heterocycles. The summed E-state index contributed by atoms with van der Waals surface area (Å²) in [6.07, 6.45) is 3.88. The van der Waals surface area contributed by atoms with Crippen LogP contribution in [0.2, 0.25) is 4.34 Å². The van der Waals surface area contributed by atoms with Crippen molar-refractivity contribution in [3.63, 3.8) is 0 Å². The molecule has 33 heavy (non-hydrogen) atoms. The van der Waals surface area contributed by atoms with Crippen LogP contribution in [0.25, 0.3) is 16.6 Å². The summed E-state index contributed by atoms with van der Waals surface area (Å²) in [6, 6.07) is 10.5. The molecule has 5 rings (SSSR count). The molecule has 0 aliphatic carbocycles. The Labute approximate surface area is 197 Å². The number of halogens is 1. The van der Waals surface area contributed by atoms with Crippen LogP contribution in [0.5, 0.6) is 0 Å². The third kappa shape index (κ3) is 4.06. The topological polar surface area (TPSA) is 122 Å². The minimum Gasteiger partial charge on any atom is -0.384 e. The van der Waals surface area contributed by atoms with Gasteiger partial charge in [-0.1, -0.05) is 11.6 Å². The molecule has 0 atom stereocenters. The standard InChI is InChI=1S/C21H16ClN5O4S2/c22-17-4-6-19(32-17)33(30,31)26-21(29)25-12-1-5-18(24-11-12)27-10-8-13-14-7-9-23-16(14)3-2-15(13)20(27)28/h1-6,8,10-11,23H,7,9H2,(H2,25,26,29). The van der Waals surface area contributed by atoms with Gasteiger partial charge in [-0.05, 0) is 59.8 Å². The number of rotatable bonds is 4. The highest BCUT2D eigenvalue weighted by Gasteiger charge is 2.20. The predicted octanol–water partition coefficient (Wildman–Crippen LogP) is 3.58. The third-order valence-corrected chi connectivity index (χ3v) is 8.23. The maximum atomic E-state index is 13.0. The number of aromatic nitrogens is 2. The van der Waals surface area contributed by atoms with E-state index in [4.69, 9.17) is 11.6 Å². The second-order valence-corrected chi connectivity index (χ2v) is 10.9. The van der Waals surface area contributed by atoms with Crippen LogP contribution in [0.1, 0.15) is 5.56 Å². The first-order valence-corrected chi connectivity index (χ1v) is 12.5. The number of hydrogen-bond donors (Lipinski definition) is 3. The van der Waals surface area contributed by atoms with Crippen molar-refractivity contribution >= 4 is 61.1 Å². The average molecular weight is 502 g/mol. The lowest BCUT2D eigenvalue weighted by atomic mass is 10.0. The summed E-state index contributed by atoms with van der Waals surface area (Å²) < 4.78 is 28.0. The number of anilines is 2. The lowest BCUT2D eigenvalue weighted by Gasteiger charge is -2.10. The molecule has 1 aromatic carbocycles. The van der Waals surface area contributed by atoms with E-state index in [1.807, 2.05) is 16.9 Å². The average Bonchev–Trinajstić information content (AvgIpc) is 3.44. The molecule has 168 valence electrons. The number of pyridine rings is 2. The van der Waals surface area contributed by atoms with Crippen LogP contribution in [-0.2, 0) is 16.4 Å². The molecule has 4 aromatic rings. The number of sulfonamides is 1. The number of thiophene rings is 1. The summed E-state index contributed by atoms with van der Waals surface area (Å²) in [5, 5.41) is 7.23. The number of nitrogens with one attached hydrogen (secondary N) is 3. The molecule has 12 heteroatoms. The van der Waals surface area contributed by atoms with Crippen molar-refractivity contribution < 1.29 is 13.2 Å². The lowest BCUT2D eigenvalue weighted by Crippen LogP contribution is -2.34. The highest BCUT2D eigenvalue weighted by atomic mass is 35.5. The van der Waals surface area contributed by atoms with Crippen molar-refractivity contribution in [3.8, 4) is 5.82 Å². The van der Waals surface area contributed by atoms with E-state index in [0.29, 0.717) is 15.5 Å². The van der Waals surface area contributed by atoms with Crippen molar-refractivity contribution in [2.75, 3.05) is 17.2 Å². The van der Waals surface area contributed by atoms with E-state index < -0.39 is 16.1 Å². The first kappa shape index (κ1) is 21.4. The monoisotopic (exact) mass is 501 g/mol. The molecule has 0 unspecified atom stereocenters. The number of fused-ring (bicyclic) bond motifs is 3. The number of hydrogen-bond acceptors (Lipinski definition) is 7. The summed E-state index contributed by atoms with van der Waals surface area (Å²) >= 11 is 6.59. The van der Waals surface area contributed by atoms with E-state index >= 15 is 0 Å². The normalized spacial score (nSPS) is 12.9. The van der Waals surface area contributed by atoms with Gasteiger partial charge >= 0.3 is 6.03 Å². The molecule has 9 nitrogen and oxygen atoms in total. The number of urea groups is 1. The van der Waals surface area contributed by atoms with Gasteiger partial charge in [0, 0.05) is 23.8 Å². The van der Waals surface area contributed by atoms with Crippen LogP contribution in [0.15, 0.2) is 63.9 Å². The number of amides is 2. The molecule has 0 saturated heterocycles. The zero-order valence-electron chi connectivity index (χ0n) is 16.8. The fraction of sp³-hybridized carbons (Fsp3) is 0.0952. The highest BCUT2D eigenvalue weighted by molar-refractivity contribution is 7.92. The third-order valence-electron chi connectivity index (χ3n) is 5.18. The van der Waals surface area contributed by atoms with Gasteiger partial charge in [0.25, 0.3) is 15.6 Å². The molecule has 3 N–H and O–H groups in total. The quantitative estimate of drug-likeness (QED) is 0.393. The van der Waals surface area contributed by atoms with E-state index in [0.717, 1.165) is 40.9 Å². The zero-order chi connectivity index (χ0) is 23.2. The predicted molar refractivity (Wildman–Crippen MR) is 128 cm³/mol. The first-order valence-electron chi connectivity index (χ1n) is 9.78. The number of benzene rings is 1. The molecular formula is C21H16ClN5O4S2. The van der Waals surface area contributed by atoms with Crippen molar-refractivity contribution in [2.24, 2.45) is 0 Å². The van der Waals surface area contributed by atoms with Crippen LogP contribution in [0, 0.1) is 0 Å². The van der Waals surface area contributed by atoms with Gasteiger partial charge in [0.15, 0.2) is 0 Å². The van der Waals surface area contributed by atoms with Gasteiger partial charge in [0.2, 0.25) is 0 Å². The maximum absolute atomic E-state index is 13.0. The molecule has 0 bridgehead atoms. The minimum atomic E-state index is -4.04. The molecule has 0 spiro atoms. The SMILES string of the molecule is O=C(Nc1ccc(-n2ccc3c4c(ccc3c2=O)NCC4)nc1)NS(=O)(=O)c1ccc(Cl)s1. The van der Waals surface area contributed by atoms with Gasteiger partial charge in [0.1, 0.15) is 10.0 Å². The van der Waals surface area contributed by atoms with Crippen molar-refractivity contribution in [3.05, 3.63) is 75.1 Å². The Morgan fingerprint density at radius 1 is 1.12 bits per heavy atom. The number of carbonyl (C=O) groups excluding carboxylic acids is 1. The molecule has 1 aliphatic rings. The van der Waals surface area contributed by atoms with Gasteiger partial charge in [-0.25, -0.2) is 22.9 Å². The van der Waals surface area contributed by atoms with Crippen molar-refractivity contribution in [2.45, 2.75) is 10.6 Å². The second-order valence-electron chi connectivity index (χ2n) is 7.24. The molecule has 2 amide bonds. The van der Waals surface area contributed by atoms with Crippen molar-refractivity contribution in [1.82, 2.24) is 14.3 Å². The van der Waals surface area contributed by atoms with Crippen LogP contribution in [0.3, 0.4) is 0 Å². The van der Waals surface area contributed by atoms with E-state index in [-0.39, 0.29) is 15.5 Å². The largest absolute Gasteiger partial charge is 0.384 e. The fourth-order valence-electron chi connectivity index (χ4n) is 3.70. The summed E-state index contributed by atoms with van der Waals surface area (Å²) in [5.74, 6) is 0.368. The van der Waals surface area contributed by atoms with Gasteiger partial charge in [0.05, 0.1) is 16.2 Å². The first-order chi connectivity index (χ1) is 15.8. The van der Waals surface area contributed by atoms with Gasteiger partial charge in [-0.15, -0.1) is 11.3 Å². The number of carbonyl (C=O) groups is 1. The van der Waals surface area contributed by atoms with E-state index in [1.54, 1.807) is 18.3 Å². The highest BCUT2D eigenvalue weighted by Crippen LogP contribution is 2.29. The maximum Gasteiger partial charge on any atom is 0.333 e. The van der Waals surface area contributed by atoms with Crippen LogP contribution in [-0.4, -0.2) is 30.5 Å². The summed E-state index contributed by atoms with van der Waals surface area (Å²) in [5.41, 5.74) is 2.24. The summed E-state index contributed by atoms with van der Waals surface area (Å²) in [6.45, 7) is 0.851. The zero-order valence-corrected chi connectivity index (χ0v) is 19.2. The minimum absolute atomic E-state index is 0.0757. The smallest absolute Gasteiger partial charge is 0.333 e. The Bertz CT molecular complexity index is 1560. The van der Waals surface area contributed by atoms with Crippen LogP contribution >= 0.6 is 22.9 Å². The van der Waals surface area contributed by atoms with Crippen LogP contribution < -0.4 is 20.9 Å². The molecule has 3 aromatic heterocycles. The van der Waals surface area contributed by atoms with E-state index in [2.05, 4.69) is 15.6 Å². The summed E-state index contributed by atoms with van der Waals surface area (Å²) in [4.78, 5) is 29.4. The fourth-order valence-corrected chi connectivity index (χ4v) is 6.09. The Hall–Kier alpha value is -3.41.